The van der Waals surface area contributed by atoms with Gasteiger partial charge in [0.2, 0.25) is 5.91 Å². The molecule has 104 valence electrons. The second-order valence-electron chi connectivity index (χ2n) is 4.12. The Hall–Kier alpha value is -2.04. The van der Waals surface area contributed by atoms with Crippen LogP contribution in [0.3, 0.4) is 0 Å². The van der Waals surface area contributed by atoms with Gasteiger partial charge >= 0.3 is 0 Å². The van der Waals surface area contributed by atoms with Crippen molar-refractivity contribution in [3.8, 4) is 5.75 Å². The van der Waals surface area contributed by atoms with Gasteiger partial charge in [0, 0.05) is 6.42 Å². The number of carbonyl (C=O) groups is 2. The monoisotopic (exact) mass is 264 g/mol. The molecule has 0 aromatic heterocycles. The Labute approximate surface area is 113 Å². The quantitative estimate of drug-likeness (QED) is 0.770. The minimum absolute atomic E-state index is 0.203. The van der Waals surface area contributed by atoms with Gasteiger partial charge in [0.1, 0.15) is 5.75 Å². The number of nitrogens with one attached hydrogen (secondary N) is 2. The van der Waals surface area contributed by atoms with Crippen LogP contribution in [0.4, 0.5) is 0 Å². The van der Waals surface area contributed by atoms with Gasteiger partial charge < -0.3 is 4.74 Å². The van der Waals surface area contributed by atoms with Crippen molar-refractivity contribution < 1.29 is 14.3 Å². The summed E-state index contributed by atoms with van der Waals surface area (Å²) >= 11 is 0. The molecular weight excluding hydrogens is 244 g/mol. The van der Waals surface area contributed by atoms with E-state index in [0.29, 0.717) is 18.6 Å². The third-order valence-corrected chi connectivity index (χ3v) is 2.49. The standard InChI is InChI=1S/C14H20N2O3/c1-3-8-13(17)15-16-14(18)12(4-2)19-11-9-6-5-7-10-11/h5-7,9-10,12H,3-4,8H2,1-2H3,(H,15,17)(H,16,18). The van der Waals surface area contributed by atoms with E-state index in [9.17, 15) is 9.59 Å². The van der Waals surface area contributed by atoms with Crippen LogP contribution in [0.25, 0.3) is 0 Å². The molecule has 2 amide bonds. The summed E-state index contributed by atoms with van der Waals surface area (Å²) in [5.41, 5.74) is 4.74. The van der Waals surface area contributed by atoms with Crippen molar-refractivity contribution in [2.75, 3.05) is 0 Å². The molecule has 0 aliphatic heterocycles. The number of carbonyl (C=O) groups excluding carboxylic acids is 2. The van der Waals surface area contributed by atoms with Crippen LogP contribution in [0, 0.1) is 0 Å². The summed E-state index contributed by atoms with van der Waals surface area (Å²) in [4.78, 5) is 23.1. The molecule has 0 bridgehead atoms. The Kier molecular flexibility index (Phi) is 6.43. The zero-order chi connectivity index (χ0) is 14.1. The highest BCUT2D eigenvalue weighted by Gasteiger charge is 2.18. The second-order valence-corrected chi connectivity index (χ2v) is 4.12. The van der Waals surface area contributed by atoms with Crippen LogP contribution in [-0.4, -0.2) is 17.9 Å². The van der Waals surface area contributed by atoms with Gasteiger partial charge in [0.05, 0.1) is 0 Å². The molecule has 0 radical (unpaired) electrons. The van der Waals surface area contributed by atoms with Crippen molar-refractivity contribution in [1.29, 1.82) is 0 Å². The maximum Gasteiger partial charge on any atom is 0.279 e. The fourth-order valence-corrected chi connectivity index (χ4v) is 1.49. The molecule has 0 aliphatic rings. The number of benzene rings is 1. The summed E-state index contributed by atoms with van der Waals surface area (Å²) in [5, 5.41) is 0. The molecule has 1 rings (SSSR count). The van der Waals surface area contributed by atoms with E-state index < -0.39 is 6.10 Å². The van der Waals surface area contributed by atoms with E-state index in [-0.39, 0.29) is 11.8 Å². The van der Waals surface area contributed by atoms with Crippen LogP contribution in [0.1, 0.15) is 33.1 Å². The second kappa shape index (κ2) is 8.13. The first kappa shape index (κ1) is 15.0. The smallest absolute Gasteiger partial charge is 0.279 e. The zero-order valence-corrected chi connectivity index (χ0v) is 11.3. The fourth-order valence-electron chi connectivity index (χ4n) is 1.49. The van der Waals surface area contributed by atoms with Crippen molar-refractivity contribution in [3.63, 3.8) is 0 Å². The number of amides is 2. The first-order valence-corrected chi connectivity index (χ1v) is 6.47. The fraction of sp³-hybridized carbons (Fsp3) is 0.429. The van der Waals surface area contributed by atoms with Crippen molar-refractivity contribution >= 4 is 11.8 Å². The summed E-state index contributed by atoms with van der Waals surface area (Å²) < 4.78 is 5.55. The largest absolute Gasteiger partial charge is 0.481 e. The van der Waals surface area contributed by atoms with E-state index in [1.165, 1.54) is 0 Å². The lowest BCUT2D eigenvalue weighted by Crippen LogP contribution is -2.47. The van der Waals surface area contributed by atoms with Crippen molar-refractivity contribution in [3.05, 3.63) is 30.3 Å². The van der Waals surface area contributed by atoms with E-state index in [4.69, 9.17) is 4.74 Å². The van der Waals surface area contributed by atoms with Gasteiger partial charge in [0.15, 0.2) is 6.10 Å². The molecule has 5 nitrogen and oxygen atoms in total. The molecule has 0 spiro atoms. The Morgan fingerprint density at radius 1 is 1.16 bits per heavy atom. The lowest BCUT2D eigenvalue weighted by atomic mass is 10.2. The van der Waals surface area contributed by atoms with E-state index in [1.807, 2.05) is 32.0 Å². The minimum Gasteiger partial charge on any atom is -0.481 e. The maximum atomic E-state index is 11.8. The minimum atomic E-state index is -0.621. The van der Waals surface area contributed by atoms with Crippen molar-refractivity contribution in [1.82, 2.24) is 10.9 Å². The van der Waals surface area contributed by atoms with Crippen LogP contribution in [-0.2, 0) is 9.59 Å². The first-order valence-electron chi connectivity index (χ1n) is 6.47. The first-order chi connectivity index (χ1) is 9.17. The van der Waals surface area contributed by atoms with Gasteiger partial charge in [-0.2, -0.15) is 0 Å². The van der Waals surface area contributed by atoms with Gasteiger partial charge in [-0.1, -0.05) is 32.0 Å². The molecule has 19 heavy (non-hydrogen) atoms. The van der Waals surface area contributed by atoms with Crippen LogP contribution in [0.5, 0.6) is 5.75 Å². The van der Waals surface area contributed by atoms with Gasteiger partial charge in [-0.25, -0.2) is 0 Å². The van der Waals surface area contributed by atoms with Crippen molar-refractivity contribution in [2.24, 2.45) is 0 Å². The average molecular weight is 264 g/mol. The zero-order valence-electron chi connectivity index (χ0n) is 11.3. The Bertz CT molecular complexity index is 406. The highest BCUT2D eigenvalue weighted by molar-refractivity contribution is 5.84. The number of hydrogen-bond acceptors (Lipinski definition) is 3. The summed E-state index contributed by atoms with van der Waals surface area (Å²) in [5.74, 6) is 0.0746. The van der Waals surface area contributed by atoms with E-state index in [2.05, 4.69) is 10.9 Å². The molecule has 1 unspecified atom stereocenters. The third kappa shape index (κ3) is 5.42. The van der Waals surface area contributed by atoms with Crippen LogP contribution in [0.2, 0.25) is 0 Å². The topological polar surface area (TPSA) is 67.4 Å². The SMILES string of the molecule is CCCC(=O)NNC(=O)C(CC)Oc1ccccc1. The maximum absolute atomic E-state index is 11.8. The number of hydrazine groups is 1. The highest BCUT2D eigenvalue weighted by atomic mass is 16.5. The molecule has 5 heteroatoms. The Morgan fingerprint density at radius 3 is 2.42 bits per heavy atom. The van der Waals surface area contributed by atoms with Gasteiger partial charge in [-0.3, -0.25) is 20.4 Å². The normalized spacial score (nSPS) is 11.5. The summed E-state index contributed by atoms with van der Waals surface area (Å²) in [6, 6.07) is 9.11. The third-order valence-electron chi connectivity index (χ3n) is 2.49. The molecule has 1 atom stereocenters. The van der Waals surface area contributed by atoms with Gasteiger partial charge in [0.25, 0.3) is 5.91 Å². The van der Waals surface area contributed by atoms with Crippen LogP contribution in [0.15, 0.2) is 30.3 Å². The lowest BCUT2D eigenvalue weighted by Gasteiger charge is -2.17. The molecule has 0 saturated carbocycles. The molecule has 0 saturated heterocycles. The van der Waals surface area contributed by atoms with Crippen LogP contribution >= 0.6 is 0 Å². The number of rotatable bonds is 6. The number of para-hydroxylation sites is 1. The van der Waals surface area contributed by atoms with Gasteiger partial charge in [-0.05, 0) is 25.0 Å². The predicted molar refractivity (Wildman–Crippen MR) is 72.3 cm³/mol. The molecular formula is C14H20N2O3. The summed E-state index contributed by atoms with van der Waals surface area (Å²) in [6.45, 7) is 3.75. The molecule has 1 aromatic rings. The summed E-state index contributed by atoms with van der Waals surface area (Å²) in [7, 11) is 0. The summed E-state index contributed by atoms with van der Waals surface area (Å²) in [6.07, 6.45) is 1.02. The van der Waals surface area contributed by atoms with Crippen molar-refractivity contribution in [2.45, 2.75) is 39.2 Å². The number of hydrogen-bond donors (Lipinski definition) is 2. The van der Waals surface area contributed by atoms with E-state index in [0.717, 1.165) is 6.42 Å². The van der Waals surface area contributed by atoms with Crippen LogP contribution < -0.4 is 15.6 Å². The Morgan fingerprint density at radius 2 is 1.84 bits per heavy atom. The molecule has 1 aromatic carbocycles. The average Bonchev–Trinajstić information content (AvgIpc) is 2.43. The highest BCUT2D eigenvalue weighted by Crippen LogP contribution is 2.12. The molecule has 0 aliphatic carbocycles. The van der Waals surface area contributed by atoms with Gasteiger partial charge in [-0.15, -0.1) is 0 Å². The van der Waals surface area contributed by atoms with E-state index in [1.54, 1.807) is 12.1 Å². The molecule has 0 fully saturated rings. The molecule has 2 N–H and O–H groups in total. The predicted octanol–water partition coefficient (Wildman–Crippen LogP) is 1.79. The molecule has 0 heterocycles. The van der Waals surface area contributed by atoms with E-state index >= 15 is 0 Å². The lowest BCUT2D eigenvalue weighted by molar-refractivity contribution is -0.133. The number of ether oxygens (including phenoxy) is 1. The Balaban J connectivity index is 2.46.